The number of pyridine rings is 1. The zero-order valence-corrected chi connectivity index (χ0v) is 11.8. The zero-order chi connectivity index (χ0) is 14.6. The van der Waals surface area contributed by atoms with E-state index in [9.17, 15) is 9.18 Å². The van der Waals surface area contributed by atoms with Gasteiger partial charge in [0.2, 0.25) is 0 Å². The van der Waals surface area contributed by atoms with E-state index in [-0.39, 0.29) is 16.9 Å². The number of anilines is 1. The fourth-order valence-corrected chi connectivity index (χ4v) is 2.19. The standard InChI is InChI=1S/C14H20FN3O2/c1-16-12-11(7-10(15)8-17-12)13(19)18-9-14(3-4-14)5-6-20-2/h7-8H,3-6,9H2,1-2H3,(H,16,17)(H,18,19). The summed E-state index contributed by atoms with van der Waals surface area (Å²) in [5, 5.41) is 5.66. The third-order valence-electron chi connectivity index (χ3n) is 3.75. The zero-order valence-electron chi connectivity index (χ0n) is 11.8. The summed E-state index contributed by atoms with van der Waals surface area (Å²) in [7, 11) is 3.32. The van der Waals surface area contributed by atoms with Crippen molar-refractivity contribution in [1.82, 2.24) is 10.3 Å². The van der Waals surface area contributed by atoms with Gasteiger partial charge in [-0.25, -0.2) is 9.37 Å². The van der Waals surface area contributed by atoms with Gasteiger partial charge in [0.05, 0.1) is 11.8 Å². The van der Waals surface area contributed by atoms with Crippen LogP contribution in [0.2, 0.25) is 0 Å². The molecule has 2 rings (SSSR count). The molecular formula is C14H20FN3O2. The van der Waals surface area contributed by atoms with Crippen LogP contribution in [-0.4, -0.2) is 38.2 Å². The molecule has 2 N–H and O–H groups in total. The largest absolute Gasteiger partial charge is 0.385 e. The lowest BCUT2D eigenvalue weighted by molar-refractivity contribution is 0.0938. The van der Waals surface area contributed by atoms with Crippen LogP contribution in [0.1, 0.15) is 29.6 Å². The van der Waals surface area contributed by atoms with Crippen LogP contribution in [0.4, 0.5) is 10.2 Å². The number of nitrogens with one attached hydrogen (secondary N) is 2. The second-order valence-corrected chi connectivity index (χ2v) is 5.23. The van der Waals surface area contributed by atoms with Crippen molar-refractivity contribution in [1.29, 1.82) is 0 Å². The summed E-state index contributed by atoms with van der Waals surface area (Å²) in [5.41, 5.74) is 0.390. The number of rotatable bonds is 7. The molecule has 110 valence electrons. The summed E-state index contributed by atoms with van der Waals surface area (Å²) in [5.74, 6) is -0.439. The van der Waals surface area contributed by atoms with Crippen LogP contribution in [0.15, 0.2) is 12.3 Å². The minimum absolute atomic E-state index is 0.159. The summed E-state index contributed by atoms with van der Waals surface area (Å²) < 4.78 is 18.3. The molecular weight excluding hydrogens is 261 g/mol. The van der Waals surface area contributed by atoms with E-state index in [4.69, 9.17) is 4.74 Å². The van der Waals surface area contributed by atoms with Crippen LogP contribution in [0, 0.1) is 11.2 Å². The molecule has 1 amide bonds. The molecule has 1 aromatic rings. The molecule has 0 spiro atoms. The first-order valence-electron chi connectivity index (χ1n) is 6.71. The van der Waals surface area contributed by atoms with Gasteiger partial charge in [0.15, 0.2) is 0 Å². The van der Waals surface area contributed by atoms with Gasteiger partial charge in [-0.1, -0.05) is 0 Å². The second kappa shape index (κ2) is 6.17. The van der Waals surface area contributed by atoms with Crippen LogP contribution in [0.3, 0.4) is 0 Å². The van der Waals surface area contributed by atoms with Gasteiger partial charge in [0.1, 0.15) is 11.6 Å². The van der Waals surface area contributed by atoms with Crippen LogP contribution in [0.5, 0.6) is 0 Å². The van der Waals surface area contributed by atoms with E-state index < -0.39 is 5.82 Å². The molecule has 1 fully saturated rings. The maximum atomic E-state index is 13.2. The van der Waals surface area contributed by atoms with E-state index in [1.807, 2.05) is 0 Å². The number of methoxy groups -OCH3 is 1. The lowest BCUT2D eigenvalue weighted by atomic mass is 10.0. The van der Waals surface area contributed by atoms with Crippen molar-refractivity contribution in [3.63, 3.8) is 0 Å². The summed E-state index contributed by atoms with van der Waals surface area (Å²) in [6, 6.07) is 1.20. The number of nitrogens with zero attached hydrogens (tertiary/aromatic N) is 1. The Morgan fingerprint density at radius 3 is 2.90 bits per heavy atom. The lowest BCUT2D eigenvalue weighted by Gasteiger charge is -2.16. The highest BCUT2D eigenvalue weighted by atomic mass is 19.1. The number of ether oxygens (including phenoxy) is 1. The molecule has 6 heteroatoms. The first kappa shape index (κ1) is 14.7. The minimum atomic E-state index is -0.519. The maximum Gasteiger partial charge on any atom is 0.255 e. The second-order valence-electron chi connectivity index (χ2n) is 5.23. The number of halogens is 1. The summed E-state index contributed by atoms with van der Waals surface area (Å²) in [4.78, 5) is 16.0. The number of amides is 1. The number of hydrogen-bond donors (Lipinski definition) is 2. The summed E-state index contributed by atoms with van der Waals surface area (Å²) in [6.45, 7) is 1.29. The Hall–Kier alpha value is -1.69. The predicted molar refractivity (Wildman–Crippen MR) is 74.2 cm³/mol. The molecule has 1 aliphatic rings. The molecule has 0 radical (unpaired) electrons. The number of hydrogen-bond acceptors (Lipinski definition) is 4. The van der Waals surface area contributed by atoms with Crippen molar-refractivity contribution in [2.24, 2.45) is 5.41 Å². The molecule has 1 saturated carbocycles. The van der Waals surface area contributed by atoms with Crippen molar-refractivity contribution >= 4 is 11.7 Å². The molecule has 0 atom stereocenters. The first-order valence-corrected chi connectivity index (χ1v) is 6.71. The molecule has 0 aromatic carbocycles. The van der Waals surface area contributed by atoms with E-state index in [1.54, 1.807) is 14.2 Å². The average Bonchev–Trinajstić information content (AvgIpc) is 3.23. The molecule has 20 heavy (non-hydrogen) atoms. The Balaban J connectivity index is 1.97. The molecule has 0 saturated heterocycles. The van der Waals surface area contributed by atoms with Crippen LogP contribution < -0.4 is 10.6 Å². The van der Waals surface area contributed by atoms with E-state index in [0.717, 1.165) is 25.5 Å². The third kappa shape index (κ3) is 3.45. The van der Waals surface area contributed by atoms with E-state index in [2.05, 4.69) is 15.6 Å². The van der Waals surface area contributed by atoms with E-state index >= 15 is 0 Å². The average molecular weight is 281 g/mol. The normalized spacial score (nSPS) is 15.8. The molecule has 1 aliphatic carbocycles. The lowest BCUT2D eigenvalue weighted by Crippen LogP contribution is -2.31. The first-order chi connectivity index (χ1) is 9.60. The maximum absolute atomic E-state index is 13.2. The van der Waals surface area contributed by atoms with Crippen LogP contribution >= 0.6 is 0 Å². The molecule has 0 bridgehead atoms. The van der Waals surface area contributed by atoms with Gasteiger partial charge >= 0.3 is 0 Å². The molecule has 1 heterocycles. The summed E-state index contributed by atoms with van der Waals surface area (Å²) >= 11 is 0. The monoisotopic (exact) mass is 281 g/mol. The van der Waals surface area contributed by atoms with Crippen molar-refractivity contribution in [2.45, 2.75) is 19.3 Å². The van der Waals surface area contributed by atoms with Crippen molar-refractivity contribution < 1.29 is 13.9 Å². The number of carbonyl (C=O) groups excluding carboxylic acids is 1. The van der Waals surface area contributed by atoms with Gasteiger partial charge in [-0.3, -0.25) is 4.79 Å². The van der Waals surface area contributed by atoms with Gasteiger partial charge in [0, 0.05) is 27.3 Å². The topological polar surface area (TPSA) is 63.2 Å². The highest BCUT2D eigenvalue weighted by Gasteiger charge is 2.42. The Morgan fingerprint density at radius 1 is 1.55 bits per heavy atom. The summed E-state index contributed by atoms with van der Waals surface area (Å²) in [6.07, 6.45) is 4.21. The smallest absolute Gasteiger partial charge is 0.255 e. The highest BCUT2D eigenvalue weighted by molar-refractivity contribution is 5.98. The van der Waals surface area contributed by atoms with Gasteiger partial charge in [-0.15, -0.1) is 0 Å². The Kier molecular flexibility index (Phi) is 4.54. The fourth-order valence-electron chi connectivity index (χ4n) is 2.19. The Bertz CT molecular complexity index is 489. The van der Waals surface area contributed by atoms with Crippen LogP contribution in [-0.2, 0) is 4.74 Å². The van der Waals surface area contributed by atoms with Crippen LogP contribution in [0.25, 0.3) is 0 Å². The van der Waals surface area contributed by atoms with Gasteiger partial charge < -0.3 is 15.4 Å². The van der Waals surface area contributed by atoms with Crippen molar-refractivity contribution in [3.8, 4) is 0 Å². The fraction of sp³-hybridized carbons (Fsp3) is 0.571. The molecule has 0 aliphatic heterocycles. The molecule has 1 aromatic heterocycles. The Morgan fingerprint density at radius 2 is 2.30 bits per heavy atom. The SMILES string of the molecule is CNc1ncc(F)cc1C(=O)NCC1(CCOC)CC1. The number of aromatic nitrogens is 1. The third-order valence-corrected chi connectivity index (χ3v) is 3.75. The highest BCUT2D eigenvalue weighted by Crippen LogP contribution is 2.48. The Labute approximate surface area is 117 Å². The van der Waals surface area contributed by atoms with Crippen molar-refractivity contribution in [3.05, 3.63) is 23.6 Å². The van der Waals surface area contributed by atoms with Gasteiger partial charge in [-0.05, 0) is 30.7 Å². The van der Waals surface area contributed by atoms with E-state index in [1.165, 1.54) is 6.07 Å². The quantitative estimate of drug-likeness (QED) is 0.800. The molecule has 5 nitrogen and oxygen atoms in total. The number of carbonyl (C=O) groups is 1. The molecule has 0 unspecified atom stereocenters. The van der Waals surface area contributed by atoms with Gasteiger partial charge in [-0.2, -0.15) is 0 Å². The van der Waals surface area contributed by atoms with E-state index in [0.29, 0.717) is 19.0 Å². The minimum Gasteiger partial charge on any atom is -0.385 e. The van der Waals surface area contributed by atoms with Gasteiger partial charge in [0.25, 0.3) is 5.91 Å². The van der Waals surface area contributed by atoms with Crippen molar-refractivity contribution in [2.75, 3.05) is 32.6 Å². The predicted octanol–water partition coefficient (Wildman–Crippen LogP) is 1.81.